The van der Waals surface area contributed by atoms with E-state index in [1.54, 1.807) is 37.9 Å². The molecule has 0 radical (unpaired) electrons. The zero-order valence-corrected chi connectivity index (χ0v) is 13.9. The Morgan fingerprint density at radius 3 is 3.08 bits per heavy atom. The van der Waals surface area contributed by atoms with Crippen molar-refractivity contribution < 1.29 is 9.21 Å². The van der Waals surface area contributed by atoms with Crippen molar-refractivity contribution in [3.63, 3.8) is 0 Å². The molecule has 6 heteroatoms. The minimum atomic E-state index is -0.289. The van der Waals surface area contributed by atoms with Gasteiger partial charge in [0, 0.05) is 38.4 Å². The molecule has 1 amide bonds. The van der Waals surface area contributed by atoms with Crippen LogP contribution in [0.1, 0.15) is 28.8 Å². The standard InChI is InChI=1S/C18H23N3O3/c1-20-7-3-5-16(18(20)23)17(22)19-10-14-4-2-8-21(11-14)12-15-6-9-24-13-15/h3,5-7,9,13-14H,2,4,8,10-12H2,1H3,(H,19,22). The molecule has 6 nitrogen and oxygen atoms in total. The second kappa shape index (κ2) is 7.49. The van der Waals surface area contributed by atoms with Crippen molar-refractivity contribution >= 4 is 5.91 Å². The number of aromatic nitrogens is 1. The number of nitrogens with one attached hydrogen (secondary N) is 1. The fourth-order valence-corrected chi connectivity index (χ4v) is 3.20. The molecule has 1 unspecified atom stereocenters. The molecule has 24 heavy (non-hydrogen) atoms. The molecular formula is C18H23N3O3. The van der Waals surface area contributed by atoms with E-state index < -0.39 is 0 Å². The molecule has 0 aliphatic carbocycles. The predicted molar refractivity (Wildman–Crippen MR) is 90.7 cm³/mol. The van der Waals surface area contributed by atoms with Crippen LogP contribution in [0.3, 0.4) is 0 Å². The van der Waals surface area contributed by atoms with Crippen molar-refractivity contribution in [2.24, 2.45) is 13.0 Å². The summed E-state index contributed by atoms with van der Waals surface area (Å²) in [7, 11) is 1.65. The van der Waals surface area contributed by atoms with Gasteiger partial charge in [0.2, 0.25) is 0 Å². The van der Waals surface area contributed by atoms with Crippen molar-refractivity contribution in [1.29, 1.82) is 0 Å². The van der Waals surface area contributed by atoms with Crippen LogP contribution in [0, 0.1) is 5.92 Å². The SMILES string of the molecule is Cn1cccc(C(=O)NCC2CCCN(Cc3ccoc3)C2)c1=O. The Morgan fingerprint density at radius 1 is 1.42 bits per heavy atom. The summed E-state index contributed by atoms with van der Waals surface area (Å²) in [4.78, 5) is 26.6. The van der Waals surface area contributed by atoms with Crippen molar-refractivity contribution in [1.82, 2.24) is 14.8 Å². The molecule has 0 spiro atoms. The van der Waals surface area contributed by atoms with E-state index in [9.17, 15) is 9.59 Å². The van der Waals surface area contributed by atoms with Crippen LogP contribution >= 0.6 is 0 Å². The van der Waals surface area contributed by atoms with Crippen molar-refractivity contribution in [3.8, 4) is 0 Å². The highest BCUT2D eigenvalue weighted by molar-refractivity contribution is 5.93. The predicted octanol–water partition coefficient (Wildman–Crippen LogP) is 1.62. The second-order valence-corrected chi connectivity index (χ2v) is 6.42. The van der Waals surface area contributed by atoms with E-state index >= 15 is 0 Å². The Morgan fingerprint density at radius 2 is 2.29 bits per heavy atom. The van der Waals surface area contributed by atoms with Crippen molar-refractivity contribution in [2.75, 3.05) is 19.6 Å². The Labute approximate surface area is 141 Å². The Balaban J connectivity index is 1.53. The zero-order chi connectivity index (χ0) is 16.9. The second-order valence-electron chi connectivity index (χ2n) is 6.42. The number of rotatable bonds is 5. The Kier molecular flexibility index (Phi) is 5.15. The highest BCUT2D eigenvalue weighted by Gasteiger charge is 2.21. The van der Waals surface area contributed by atoms with Gasteiger partial charge in [0.25, 0.3) is 11.5 Å². The van der Waals surface area contributed by atoms with E-state index in [4.69, 9.17) is 4.42 Å². The first-order valence-electron chi connectivity index (χ1n) is 8.31. The lowest BCUT2D eigenvalue weighted by Crippen LogP contribution is -2.41. The minimum absolute atomic E-state index is 0.200. The lowest BCUT2D eigenvalue weighted by atomic mass is 9.97. The quantitative estimate of drug-likeness (QED) is 0.905. The van der Waals surface area contributed by atoms with E-state index in [0.29, 0.717) is 12.5 Å². The smallest absolute Gasteiger partial charge is 0.263 e. The van der Waals surface area contributed by atoms with Crippen LogP contribution in [-0.2, 0) is 13.6 Å². The first-order chi connectivity index (χ1) is 11.6. The van der Waals surface area contributed by atoms with E-state index in [0.717, 1.165) is 32.5 Å². The number of carbonyl (C=O) groups excluding carboxylic acids is 1. The van der Waals surface area contributed by atoms with Gasteiger partial charge in [-0.2, -0.15) is 0 Å². The number of piperidine rings is 1. The number of nitrogens with zero attached hydrogens (tertiary/aromatic N) is 2. The van der Waals surface area contributed by atoms with Gasteiger partial charge in [0.15, 0.2) is 0 Å². The number of hydrogen-bond acceptors (Lipinski definition) is 4. The van der Waals surface area contributed by atoms with Gasteiger partial charge in [0.1, 0.15) is 5.56 Å². The van der Waals surface area contributed by atoms with Gasteiger partial charge >= 0.3 is 0 Å². The maximum absolute atomic E-state index is 12.2. The third kappa shape index (κ3) is 3.94. The summed E-state index contributed by atoms with van der Waals surface area (Å²) in [6.45, 7) is 3.48. The molecular weight excluding hydrogens is 306 g/mol. The number of furan rings is 1. The van der Waals surface area contributed by atoms with Gasteiger partial charge in [-0.1, -0.05) is 0 Å². The topological polar surface area (TPSA) is 67.5 Å². The molecule has 128 valence electrons. The van der Waals surface area contributed by atoms with Crippen LogP contribution in [0.5, 0.6) is 0 Å². The van der Waals surface area contributed by atoms with Gasteiger partial charge in [-0.05, 0) is 43.5 Å². The minimum Gasteiger partial charge on any atom is -0.472 e. The number of pyridine rings is 1. The highest BCUT2D eigenvalue weighted by Crippen LogP contribution is 2.18. The fourth-order valence-electron chi connectivity index (χ4n) is 3.20. The Hall–Kier alpha value is -2.34. The van der Waals surface area contributed by atoms with Crippen LogP contribution < -0.4 is 10.9 Å². The van der Waals surface area contributed by atoms with Crippen LogP contribution in [0.25, 0.3) is 0 Å². The van der Waals surface area contributed by atoms with E-state index in [1.165, 1.54) is 10.1 Å². The van der Waals surface area contributed by atoms with Gasteiger partial charge in [0.05, 0.1) is 12.5 Å². The van der Waals surface area contributed by atoms with Gasteiger partial charge in [-0.15, -0.1) is 0 Å². The Bertz CT molecular complexity index is 736. The summed E-state index contributed by atoms with van der Waals surface area (Å²) < 4.78 is 6.54. The molecule has 0 bridgehead atoms. The van der Waals surface area contributed by atoms with Crippen LogP contribution in [0.15, 0.2) is 46.1 Å². The molecule has 1 aliphatic rings. The summed E-state index contributed by atoms with van der Waals surface area (Å²) in [5.41, 5.74) is 1.11. The molecule has 1 atom stereocenters. The van der Waals surface area contributed by atoms with Crippen LogP contribution in [0.2, 0.25) is 0 Å². The average Bonchev–Trinajstić information content (AvgIpc) is 3.08. The molecule has 3 heterocycles. The van der Waals surface area contributed by atoms with E-state index in [1.807, 2.05) is 6.07 Å². The highest BCUT2D eigenvalue weighted by atomic mass is 16.3. The third-order valence-corrected chi connectivity index (χ3v) is 4.51. The molecule has 1 fully saturated rings. The molecule has 1 N–H and O–H groups in total. The van der Waals surface area contributed by atoms with Gasteiger partial charge in [-0.3, -0.25) is 14.5 Å². The molecule has 2 aromatic rings. The van der Waals surface area contributed by atoms with E-state index in [-0.39, 0.29) is 17.0 Å². The molecule has 1 saturated heterocycles. The molecule has 0 aromatic carbocycles. The maximum Gasteiger partial charge on any atom is 0.263 e. The first kappa shape index (κ1) is 16.5. The number of amides is 1. The number of aryl methyl sites for hydroxylation is 1. The summed E-state index contributed by atoms with van der Waals surface area (Å²) >= 11 is 0. The van der Waals surface area contributed by atoms with Crippen LogP contribution in [0.4, 0.5) is 0 Å². The average molecular weight is 329 g/mol. The molecule has 0 saturated carbocycles. The zero-order valence-electron chi connectivity index (χ0n) is 13.9. The van der Waals surface area contributed by atoms with Gasteiger partial charge < -0.3 is 14.3 Å². The van der Waals surface area contributed by atoms with E-state index in [2.05, 4.69) is 10.2 Å². The monoisotopic (exact) mass is 329 g/mol. The summed E-state index contributed by atoms with van der Waals surface area (Å²) in [5.74, 6) is 0.116. The number of hydrogen-bond donors (Lipinski definition) is 1. The van der Waals surface area contributed by atoms with Crippen LogP contribution in [-0.4, -0.2) is 35.0 Å². The molecule has 2 aromatic heterocycles. The number of likely N-dealkylation sites (tertiary alicyclic amines) is 1. The maximum atomic E-state index is 12.2. The van der Waals surface area contributed by atoms with Crippen molar-refractivity contribution in [2.45, 2.75) is 19.4 Å². The lowest BCUT2D eigenvalue weighted by molar-refractivity contribution is 0.0928. The molecule has 1 aliphatic heterocycles. The normalized spacial score (nSPS) is 18.5. The summed E-state index contributed by atoms with van der Waals surface area (Å²) in [5, 5.41) is 2.92. The molecule has 3 rings (SSSR count). The first-order valence-corrected chi connectivity index (χ1v) is 8.31. The summed E-state index contributed by atoms with van der Waals surface area (Å²) in [6.07, 6.45) is 7.32. The lowest BCUT2D eigenvalue weighted by Gasteiger charge is -2.32. The fraction of sp³-hybridized carbons (Fsp3) is 0.444. The van der Waals surface area contributed by atoms with Crippen molar-refractivity contribution in [3.05, 3.63) is 58.4 Å². The third-order valence-electron chi connectivity index (χ3n) is 4.51. The van der Waals surface area contributed by atoms with Gasteiger partial charge in [-0.25, -0.2) is 0 Å². The largest absolute Gasteiger partial charge is 0.472 e. The summed E-state index contributed by atoms with van der Waals surface area (Å²) in [6, 6.07) is 5.27. The number of carbonyl (C=O) groups is 1.